The molecule has 1 amide bonds. The molecule has 0 aliphatic carbocycles. The molecule has 1 unspecified atom stereocenters. The van der Waals surface area contributed by atoms with Crippen molar-refractivity contribution in [3.05, 3.63) is 88.4 Å². The van der Waals surface area contributed by atoms with Crippen molar-refractivity contribution in [2.24, 2.45) is 0 Å². The monoisotopic (exact) mass is 471 g/mol. The molecule has 3 aromatic rings. The number of nitrogens with one attached hydrogen (secondary N) is 1. The number of hydrogen-bond donors (Lipinski definition) is 2. The lowest BCUT2D eigenvalue weighted by atomic mass is 10.0. The maximum Gasteiger partial charge on any atom is 0.251 e. The van der Waals surface area contributed by atoms with Crippen LogP contribution in [0.25, 0.3) is 0 Å². The van der Waals surface area contributed by atoms with Gasteiger partial charge < -0.3 is 20.1 Å². The molecule has 0 spiro atoms. The van der Waals surface area contributed by atoms with Crippen molar-refractivity contribution in [3.8, 4) is 0 Å². The highest BCUT2D eigenvalue weighted by Crippen LogP contribution is 2.36. The number of halogens is 3. The highest BCUT2D eigenvalue weighted by atomic mass is 19.2. The van der Waals surface area contributed by atoms with Crippen molar-refractivity contribution in [3.63, 3.8) is 0 Å². The van der Waals surface area contributed by atoms with E-state index < -0.39 is 23.6 Å². The van der Waals surface area contributed by atoms with Crippen LogP contribution in [-0.4, -0.2) is 48.9 Å². The highest BCUT2D eigenvalue weighted by molar-refractivity contribution is 5.98. The highest BCUT2D eigenvalue weighted by Gasteiger charge is 2.26. The average Bonchev–Trinajstić information content (AvgIpc) is 3.26. The van der Waals surface area contributed by atoms with Gasteiger partial charge >= 0.3 is 0 Å². The van der Waals surface area contributed by atoms with Crippen LogP contribution in [0.15, 0.2) is 48.7 Å². The maximum absolute atomic E-state index is 13.6. The average molecular weight is 471 g/mol. The van der Waals surface area contributed by atoms with Gasteiger partial charge in [0.05, 0.1) is 12.7 Å². The number of methoxy groups -OCH3 is 1. The van der Waals surface area contributed by atoms with E-state index in [1.807, 2.05) is 17.0 Å². The van der Waals surface area contributed by atoms with E-state index >= 15 is 0 Å². The van der Waals surface area contributed by atoms with Gasteiger partial charge in [0.25, 0.3) is 5.91 Å². The summed E-state index contributed by atoms with van der Waals surface area (Å²) in [6, 6.07) is 10.9. The lowest BCUT2D eigenvalue weighted by Gasteiger charge is -2.19. The van der Waals surface area contributed by atoms with E-state index in [1.165, 1.54) is 7.11 Å². The van der Waals surface area contributed by atoms with Crippen LogP contribution in [0.3, 0.4) is 0 Å². The van der Waals surface area contributed by atoms with E-state index in [2.05, 4.69) is 10.3 Å². The van der Waals surface area contributed by atoms with Crippen LogP contribution in [0, 0.1) is 17.5 Å². The molecule has 2 N–H and O–H groups in total. The van der Waals surface area contributed by atoms with Gasteiger partial charge in [-0.25, -0.2) is 18.2 Å². The van der Waals surface area contributed by atoms with Gasteiger partial charge in [0.15, 0.2) is 17.5 Å². The van der Waals surface area contributed by atoms with Crippen molar-refractivity contribution < 1.29 is 27.8 Å². The van der Waals surface area contributed by atoms with Crippen LogP contribution in [0.2, 0.25) is 0 Å². The van der Waals surface area contributed by atoms with Crippen molar-refractivity contribution in [2.75, 3.05) is 31.7 Å². The molecule has 2 heterocycles. The lowest BCUT2D eigenvalue weighted by molar-refractivity contribution is 0.0609. The number of benzene rings is 2. The van der Waals surface area contributed by atoms with Crippen molar-refractivity contribution in [1.82, 2.24) is 10.3 Å². The standard InChI is InChI=1S/C25H24F3N3O3/c1-34-14-17(32)13-30-25(33)19-3-2-4-22-18(19)6-8-31(22)23-12-15(5-7-29-23)9-16-10-20(26)24(28)21(27)11-16/h2-5,7,10-12,17,32H,6,8-9,13-14H2,1H3,(H,30,33). The minimum absolute atomic E-state index is 0.0776. The number of aliphatic hydroxyl groups excluding tert-OH is 1. The Morgan fingerprint density at radius 1 is 1.18 bits per heavy atom. The van der Waals surface area contributed by atoms with Gasteiger partial charge in [-0.05, 0) is 65.9 Å². The zero-order valence-electron chi connectivity index (χ0n) is 18.5. The Hall–Kier alpha value is -3.43. The summed E-state index contributed by atoms with van der Waals surface area (Å²) in [6.45, 7) is 0.802. The van der Waals surface area contributed by atoms with Crippen LogP contribution < -0.4 is 10.2 Å². The number of anilines is 2. The van der Waals surface area contributed by atoms with Crippen LogP contribution in [0.5, 0.6) is 0 Å². The topological polar surface area (TPSA) is 74.7 Å². The number of nitrogens with zero attached hydrogens (tertiary/aromatic N) is 2. The predicted octanol–water partition coefficient (Wildman–Crippen LogP) is 3.52. The van der Waals surface area contributed by atoms with E-state index in [0.29, 0.717) is 29.9 Å². The third-order valence-corrected chi connectivity index (χ3v) is 5.67. The molecule has 2 aromatic carbocycles. The number of amides is 1. The first-order valence-electron chi connectivity index (χ1n) is 10.8. The molecule has 0 saturated heterocycles. The molecule has 6 nitrogen and oxygen atoms in total. The third kappa shape index (κ3) is 5.05. The Morgan fingerprint density at radius 2 is 1.94 bits per heavy atom. The number of aromatic nitrogens is 1. The van der Waals surface area contributed by atoms with E-state index in [9.17, 15) is 23.1 Å². The molecule has 0 saturated carbocycles. The summed E-state index contributed by atoms with van der Waals surface area (Å²) in [5, 5.41) is 12.5. The largest absolute Gasteiger partial charge is 0.389 e. The van der Waals surface area contributed by atoms with E-state index in [1.54, 1.807) is 24.4 Å². The molecule has 1 atom stereocenters. The number of pyridine rings is 1. The van der Waals surface area contributed by atoms with Gasteiger partial charge in [0.1, 0.15) is 5.82 Å². The molecule has 34 heavy (non-hydrogen) atoms. The fourth-order valence-electron chi connectivity index (χ4n) is 4.11. The molecule has 178 valence electrons. The smallest absolute Gasteiger partial charge is 0.251 e. The second-order valence-electron chi connectivity index (χ2n) is 8.10. The Morgan fingerprint density at radius 3 is 2.68 bits per heavy atom. The van der Waals surface area contributed by atoms with Gasteiger partial charge in [0.2, 0.25) is 0 Å². The molecular weight excluding hydrogens is 447 g/mol. The number of rotatable bonds is 8. The Bertz CT molecular complexity index is 1180. The first-order valence-corrected chi connectivity index (χ1v) is 10.8. The number of fused-ring (bicyclic) bond motifs is 1. The second-order valence-corrected chi connectivity index (χ2v) is 8.10. The number of hydrogen-bond acceptors (Lipinski definition) is 5. The molecule has 1 aromatic heterocycles. The van der Waals surface area contributed by atoms with E-state index in [4.69, 9.17) is 4.74 Å². The Labute approximate surface area is 195 Å². The van der Waals surface area contributed by atoms with Crippen molar-refractivity contribution in [1.29, 1.82) is 0 Å². The lowest BCUT2D eigenvalue weighted by Crippen LogP contribution is -2.34. The Balaban J connectivity index is 1.54. The quantitative estimate of drug-likeness (QED) is 0.492. The molecule has 1 aliphatic heterocycles. The predicted molar refractivity (Wildman–Crippen MR) is 121 cm³/mol. The SMILES string of the molecule is COCC(O)CNC(=O)c1cccc2c1CCN2c1cc(Cc2cc(F)c(F)c(F)c2)ccn1. The molecule has 4 rings (SSSR count). The van der Waals surface area contributed by atoms with Gasteiger partial charge in [-0.1, -0.05) is 6.07 Å². The molecule has 0 radical (unpaired) electrons. The van der Waals surface area contributed by atoms with Crippen LogP contribution >= 0.6 is 0 Å². The minimum Gasteiger partial charge on any atom is -0.389 e. The van der Waals surface area contributed by atoms with Gasteiger partial charge in [-0.3, -0.25) is 4.79 Å². The first kappa shape index (κ1) is 23.7. The zero-order chi connectivity index (χ0) is 24.2. The van der Waals surface area contributed by atoms with Crippen molar-refractivity contribution >= 4 is 17.4 Å². The third-order valence-electron chi connectivity index (χ3n) is 5.67. The molecule has 1 aliphatic rings. The van der Waals surface area contributed by atoms with Crippen LogP contribution in [0.4, 0.5) is 24.7 Å². The molecule has 0 fully saturated rings. The van der Waals surface area contributed by atoms with E-state index in [-0.39, 0.29) is 25.5 Å². The summed E-state index contributed by atoms with van der Waals surface area (Å²) in [6.07, 6.45) is 1.64. The fourth-order valence-corrected chi connectivity index (χ4v) is 4.11. The minimum atomic E-state index is -1.49. The summed E-state index contributed by atoms with van der Waals surface area (Å²) >= 11 is 0. The summed E-state index contributed by atoms with van der Waals surface area (Å²) in [4.78, 5) is 19.1. The first-order chi connectivity index (χ1) is 16.4. The summed E-state index contributed by atoms with van der Waals surface area (Å²) < 4.78 is 45.3. The number of ether oxygens (including phenoxy) is 1. The van der Waals surface area contributed by atoms with E-state index in [0.717, 1.165) is 28.9 Å². The molecule has 9 heteroatoms. The second kappa shape index (κ2) is 10.2. The summed E-state index contributed by atoms with van der Waals surface area (Å²) in [5.41, 5.74) is 3.30. The van der Waals surface area contributed by atoms with Crippen molar-refractivity contribution in [2.45, 2.75) is 18.9 Å². The summed E-state index contributed by atoms with van der Waals surface area (Å²) in [5.74, 6) is -3.58. The summed E-state index contributed by atoms with van der Waals surface area (Å²) in [7, 11) is 1.48. The zero-order valence-corrected chi connectivity index (χ0v) is 18.5. The maximum atomic E-state index is 13.6. The molecular formula is C25H24F3N3O3. The van der Waals surface area contributed by atoms with Crippen LogP contribution in [-0.2, 0) is 17.6 Å². The van der Waals surface area contributed by atoms with Gasteiger partial charge in [0, 0.05) is 37.6 Å². The molecule has 0 bridgehead atoms. The normalized spacial score (nSPS) is 13.6. The van der Waals surface area contributed by atoms with Gasteiger partial charge in [-0.15, -0.1) is 0 Å². The van der Waals surface area contributed by atoms with Gasteiger partial charge in [-0.2, -0.15) is 0 Å². The fraction of sp³-hybridized carbons (Fsp3) is 0.280. The Kier molecular flexibility index (Phi) is 7.14. The number of carbonyl (C=O) groups excluding carboxylic acids is 1. The number of aliphatic hydroxyl groups is 1. The number of carbonyl (C=O) groups is 1. The van der Waals surface area contributed by atoms with Crippen LogP contribution in [0.1, 0.15) is 27.0 Å².